The Morgan fingerprint density at radius 1 is 1.23 bits per heavy atom. The van der Waals surface area contributed by atoms with Gasteiger partial charge in [0.2, 0.25) is 11.6 Å². The molecule has 1 aromatic carbocycles. The third kappa shape index (κ3) is 6.37. The molecule has 9 nitrogen and oxygen atoms in total. The first-order valence-electron chi connectivity index (χ1n) is 10.7. The molecule has 3 N–H and O–H groups in total. The van der Waals surface area contributed by atoms with Crippen molar-refractivity contribution in [3.05, 3.63) is 40.8 Å². The summed E-state index contributed by atoms with van der Waals surface area (Å²) in [5.41, 5.74) is 6.67. The molecule has 0 saturated heterocycles. The van der Waals surface area contributed by atoms with Crippen molar-refractivity contribution in [2.75, 3.05) is 24.3 Å². The number of aromatic nitrogens is 2. The maximum atomic E-state index is 12.6. The summed E-state index contributed by atoms with van der Waals surface area (Å²) in [6.07, 6.45) is 6.08. The second-order valence-electron chi connectivity index (χ2n) is 7.63. The van der Waals surface area contributed by atoms with Crippen LogP contribution in [0.1, 0.15) is 44.6 Å². The standard InChI is InChI=1S/C22H29N5O4/c1-2-30-21(28)17(13-15-9-5-3-6-10-15)24-19-18(27-29)20(26-22(23)25-19)31-14-16-11-7-4-8-12-16/h3,5-6,9-10,16-17H,2,4,7-8,11-14H2,1H3,(H3,23,24,25,26)/t17-/m1/s1. The highest BCUT2D eigenvalue weighted by Crippen LogP contribution is 2.35. The molecule has 1 aliphatic carbocycles. The molecule has 1 heterocycles. The fourth-order valence-electron chi connectivity index (χ4n) is 3.74. The number of carbonyl (C=O) groups is 1. The highest BCUT2D eigenvalue weighted by molar-refractivity contribution is 5.81. The molecule has 0 spiro atoms. The number of rotatable bonds is 10. The Balaban J connectivity index is 1.81. The van der Waals surface area contributed by atoms with Crippen LogP contribution in [0.15, 0.2) is 35.5 Å². The van der Waals surface area contributed by atoms with Gasteiger partial charge in [-0.2, -0.15) is 9.97 Å². The number of ether oxygens (including phenoxy) is 2. The lowest BCUT2D eigenvalue weighted by Crippen LogP contribution is -2.34. The van der Waals surface area contributed by atoms with Gasteiger partial charge in [0.05, 0.1) is 13.2 Å². The first-order chi connectivity index (χ1) is 15.1. The van der Waals surface area contributed by atoms with Crippen LogP contribution in [0.3, 0.4) is 0 Å². The van der Waals surface area contributed by atoms with Crippen LogP contribution < -0.4 is 15.8 Å². The van der Waals surface area contributed by atoms with Gasteiger partial charge in [-0.25, -0.2) is 4.79 Å². The molecule has 1 atom stereocenters. The lowest BCUT2D eigenvalue weighted by molar-refractivity contribution is -0.144. The van der Waals surface area contributed by atoms with Crippen molar-refractivity contribution in [1.82, 2.24) is 9.97 Å². The molecule has 166 valence electrons. The summed E-state index contributed by atoms with van der Waals surface area (Å²) >= 11 is 0. The topological polar surface area (TPSA) is 129 Å². The number of nitrogen functional groups attached to an aromatic ring is 1. The monoisotopic (exact) mass is 427 g/mol. The van der Waals surface area contributed by atoms with E-state index < -0.39 is 12.0 Å². The lowest BCUT2D eigenvalue weighted by atomic mass is 9.90. The Morgan fingerprint density at radius 3 is 2.65 bits per heavy atom. The minimum atomic E-state index is -0.789. The Morgan fingerprint density at radius 2 is 1.97 bits per heavy atom. The number of anilines is 2. The highest BCUT2D eigenvalue weighted by Gasteiger charge is 2.25. The van der Waals surface area contributed by atoms with Crippen LogP contribution in [-0.4, -0.2) is 35.2 Å². The summed E-state index contributed by atoms with van der Waals surface area (Å²) in [6, 6.07) is 8.68. The van der Waals surface area contributed by atoms with Crippen LogP contribution >= 0.6 is 0 Å². The minimum absolute atomic E-state index is 0.0258. The quantitative estimate of drug-likeness (QED) is 0.430. The molecule has 9 heteroatoms. The number of esters is 1. The van der Waals surface area contributed by atoms with Crippen molar-refractivity contribution < 1.29 is 14.3 Å². The first kappa shape index (κ1) is 22.5. The van der Waals surface area contributed by atoms with E-state index in [4.69, 9.17) is 15.2 Å². The average molecular weight is 428 g/mol. The summed E-state index contributed by atoms with van der Waals surface area (Å²) in [7, 11) is 0. The summed E-state index contributed by atoms with van der Waals surface area (Å²) in [5.74, 6) is -0.0554. The Hall–Kier alpha value is -3.23. The molecule has 0 amide bonds. The van der Waals surface area contributed by atoms with Gasteiger partial charge in [-0.15, -0.1) is 4.91 Å². The van der Waals surface area contributed by atoms with Gasteiger partial charge in [0, 0.05) is 6.42 Å². The zero-order valence-electron chi connectivity index (χ0n) is 17.8. The molecule has 31 heavy (non-hydrogen) atoms. The van der Waals surface area contributed by atoms with E-state index in [1.165, 1.54) is 19.3 Å². The van der Waals surface area contributed by atoms with Gasteiger partial charge < -0.3 is 20.5 Å². The largest absolute Gasteiger partial charge is 0.476 e. The molecule has 1 aliphatic rings. The summed E-state index contributed by atoms with van der Waals surface area (Å²) in [4.78, 5) is 32.3. The van der Waals surface area contributed by atoms with E-state index in [1.807, 2.05) is 30.3 Å². The lowest BCUT2D eigenvalue weighted by Gasteiger charge is -2.22. The van der Waals surface area contributed by atoms with E-state index in [0.29, 0.717) is 18.9 Å². The van der Waals surface area contributed by atoms with Crippen molar-refractivity contribution in [1.29, 1.82) is 0 Å². The number of hydrogen-bond donors (Lipinski definition) is 2. The Kier molecular flexibility index (Phi) is 8.14. The molecule has 3 rings (SSSR count). The van der Waals surface area contributed by atoms with E-state index in [1.54, 1.807) is 6.92 Å². The zero-order chi connectivity index (χ0) is 22.1. The number of nitrogens with zero attached hydrogens (tertiary/aromatic N) is 3. The molecule has 2 aromatic rings. The van der Waals surface area contributed by atoms with Crippen molar-refractivity contribution in [3.8, 4) is 5.88 Å². The number of benzene rings is 1. The van der Waals surface area contributed by atoms with E-state index in [0.717, 1.165) is 18.4 Å². The van der Waals surface area contributed by atoms with Crippen LogP contribution in [0.5, 0.6) is 5.88 Å². The third-order valence-electron chi connectivity index (χ3n) is 5.31. The predicted octanol–water partition coefficient (Wildman–Crippen LogP) is 4.00. The van der Waals surface area contributed by atoms with E-state index in [-0.39, 0.29) is 29.9 Å². The summed E-state index contributed by atoms with van der Waals surface area (Å²) in [5, 5.41) is 6.04. The highest BCUT2D eigenvalue weighted by atomic mass is 16.5. The maximum absolute atomic E-state index is 12.6. The van der Waals surface area contributed by atoms with Crippen molar-refractivity contribution in [3.63, 3.8) is 0 Å². The van der Waals surface area contributed by atoms with Gasteiger partial charge in [-0.3, -0.25) is 0 Å². The smallest absolute Gasteiger partial charge is 0.328 e. The fraction of sp³-hybridized carbons (Fsp3) is 0.500. The molecular weight excluding hydrogens is 398 g/mol. The third-order valence-corrected chi connectivity index (χ3v) is 5.31. The number of nitrogens with one attached hydrogen (secondary N) is 1. The second-order valence-corrected chi connectivity index (χ2v) is 7.63. The van der Waals surface area contributed by atoms with Crippen LogP contribution in [0, 0.1) is 10.8 Å². The van der Waals surface area contributed by atoms with E-state index in [2.05, 4.69) is 20.5 Å². The van der Waals surface area contributed by atoms with Crippen molar-refractivity contribution in [2.24, 2.45) is 11.1 Å². The summed E-state index contributed by atoms with van der Waals surface area (Å²) in [6.45, 7) is 2.39. The minimum Gasteiger partial charge on any atom is -0.476 e. The molecule has 0 radical (unpaired) electrons. The van der Waals surface area contributed by atoms with Gasteiger partial charge in [0.25, 0.3) is 5.88 Å². The molecule has 0 unspecified atom stereocenters. The fourth-order valence-corrected chi connectivity index (χ4v) is 3.74. The number of nitrogens with two attached hydrogens (primary N) is 1. The van der Waals surface area contributed by atoms with Gasteiger partial charge >= 0.3 is 5.97 Å². The first-order valence-corrected chi connectivity index (χ1v) is 10.7. The Bertz CT molecular complexity index is 872. The predicted molar refractivity (Wildman–Crippen MR) is 118 cm³/mol. The van der Waals surface area contributed by atoms with Crippen LogP contribution in [0.4, 0.5) is 17.5 Å². The molecule has 0 aliphatic heterocycles. The summed E-state index contributed by atoms with van der Waals surface area (Å²) < 4.78 is 11.0. The maximum Gasteiger partial charge on any atom is 0.328 e. The number of carbonyl (C=O) groups excluding carboxylic acids is 1. The van der Waals surface area contributed by atoms with Crippen molar-refractivity contribution in [2.45, 2.75) is 51.5 Å². The van der Waals surface area contributed by atoms with E-state index >= 15 is 0 Å². The zero-order valence-corrected chi connectivity index (χ0v) is 17.8. The molecule has 1 aromatic heterocycles. The van der Waals surface area contributed by atoms with Crippen LogP contribution in [0.2, 0.25) is 0 Å². The van der Waals surface area contributed by atoms with E-state index in [9.17, 15) is 9.70 Å². The normalized spacial score (nSPS) is 15.1. The van der Waals surface area contributed by atoms with Gasteiger partial charge in [-0.1, -0.05) is 49.6 Å². The average Bonchev–Trinajstić information content (AvgIpc) is 2.78. The second kappa shape index (κ2) is 11.2. The molecule has 1 fully saturated rings. The van der Waals surface area contributed by atoms with Crippen LogP contribution in [-0.2, 0) is 16.0 Å². The van der Waals surface area contributed by atoms with Gasteiger partial charge in [0.15, 0.2) is 5.82 Å². The molecule has 0 bridgehead atoms. The van der Waals surface area contributed by atoms with Gasteiger partial charge in [0.1, 0.15) is 6.04 Å². The molecule has 1 saturated carbocycles. The number of hydrogen-bond acceptors (Lipinski definition) is 9. The molecular formula is C22H29N5O4. The van der Waals surface area contributed by atoms with Crippen molar-refractivity contribution >= 4 is 23.4 Å². The number of nitroso groups, excluding NO2 is 1. The Labute approximate surface area is 181 Å². The SMILES string of the molecule is CCOC(=O)[C@@H](Cc1ccccc1)Nc1nc(N)nc(OCC2CCCCC2)c1N=O. The van der Waals surface area contributed by atoms with Gasteiger partial charge in [-0.05, 0) is 36.4 Å². The van der Waals surface area contributed by atoms with Crippen LogP contribution in [0.25, 0.3) is 0 Å².